The number of ether oxygens (including phenoxy) is 1. The first-order valence-electron chi connectivity index (χ1n) is 9.65. The fourth-order valence-corrected chi connectivity index (χ4v) is 3.53. The van der Waals surface area contributed by atoms with Crippen molar-refractivity contribution in [3.8, 4) is 11.1 Å². The molecule has 1 N–H and O–H groups in total. The van der Waals surface area contributed by atoms with Crippen LogP contribution in [0, 0.1) is 0 Å². The number of fused-ring (bicyclic) bond motifs is 3. The predicted octanol–water partition coefficient (Wildman–Crippen LogP) is 5.11. The third kappa shape index (κ3) is 4.51. The van der Waals surface area contributed by atoms with Crippen molar-refractivity contribution in [3.05, 3.63) is 89.0 Å². The summed E-state index contributed by atoms with van der Waals surface area (Å²) in [5, 5.41) is 2.49. The number of alkyl halides is 3. The topological polar surface area (TPSA) is 55.4 Å². The van der Waals surface area contributed by atoms with Crippen molar-refractivity contribution < 1.29 is 27.5 Å². The molecular weight excluding hydrogens is 407 g/mol. The Bertz CT molecular complexity index is 1140. The summed E-state index contributed by atoms with van der Waals surface area (Å²) in [6.07, 6.45) is -3.90. The molecule has 3 aromatic rings. The Morgan fingerprint density at radius 1 is 0.871 bits per heavy atom. The van der Waals surface area contributed by atoms with Crippen LogP contribution in [0.5, 0.6) is 0 Å². The lowest BCUT2D eigenvalue weighted by Crippen LogP contribution is -2.19. The van der Waals surface area contributed by atoms with Gasteiger partial charge < -0.3 is 10.1 Å². The van der Waals surface area contributed by atoms with Gasteiger partial charge in [0.1, 0.15) is 6.61 Å². The van der Waals surface area contributed by atoms with E-state index in [0.717, 1.165) is 28.8 Å². The fourth-order valence-electron chi connectivity index (χ4n) is 3.53. The molecule has 4 nitrogen and oxygen atoms in total. The summed E-state index contributed by atoms with van der Waals surface area (Å²) in [6, 6.07) is 17.4. The van der Waals surface area contributed by atoms with Gasteiger partial charge in [-0.05, 0) is 53.4 Å². The van der Waals surface area contributed by atoms with Crippen LogP contribution >= 0.6 is 0 Å². The number of anilines is 1. The lowest BCUT2D eigenvalue weighted by molar-refractivity contribution is -0.137. The van der Waals surface area contributed by atoms with Crippen molar-refractivity contribution in [2.45, 2.75) is 12.6 Å². The smallest absolute Gasteiger partial charge is 0.371 e. The molecule has 0 aliphatic heterocycles. The van der Waals surface area contributed by atoms with Crippen LogP contribution in [0.4, 0.5) is 18.9 Å². The maximum atomic E-state index is 12.6. The van der Waals surface area contributed by atoms with Gasteiger partial charge in [0.15, 0.2) is 5.78 Å². The second-order valence-corrected chi connectivity index (χ2v) is 7.18. The summed E-state index contributed by atoms with van der Waals surface area (Å²) < 4.78 is 43.1. The zero-order valence-electron chi connectivity index (χ0n) is 16.3. The maximum absolute atomic E-state index is 12.6. The molecule has 31 heavy (non-hydrogen) atoms. The van der Waals surface area contributed by atoms with E-state index in [4.69, 9.17) is 4.74 Å². The monoisotopic (exact) mass is 425 g/mol. The Morgan fingerprint density at radius 3 is 2.26 bits per heavy atom. The van der Waals surface area contributed by atoms with E-state index in [1.165, 1.54) is 12.1 Å². The summed E-state index contributed by atoms with van der Waals surface area (Å²) in [7, 11) is 0. The minimum Gasteiger partial charge on any atom is -0.371 e. The molecular formula is C24H18F3NO3. The van der Waals surface area contributed by atoms with E-state index < -0.39 is 17.6 Å². The Labute approximate surface area is 176 Å². The van der Waals surface area contributed by atoms with Crippen LogP contribution in [0.3, 0.4) is 0 Å². The van der Waals surface area contributed by atoms with Crippen molar-refractivity contribution in [1.82, 2.24) is 0 Å². The summed E-state index contributed by atoms with van der Waals surface area (Å²) in [6.45, 7) is 0.0384. The number of carbonyl (C=O) groups is 2. The second kappa shape index (κ2) is 8.35. The highest BCUT2D eigenvalue weighted by molar-refractivity contribution is 6.21. The minimum absolute atomic E-state index is 0.00397. The molecule has 0 unspecified atom stereocenters. The largest absolute Gasteiger partial charge is 0.416 e. The third-order valence-corrected chi connectivity index (χ3v) is 5.05. The van der Waals surface area contributed by atoms with Crippen LogP contribution in [0.15, 0.2) is 66.7 Å². The molecule has 4 rings (SSSR count). The maximum Gasteiger partial charge on any atom is 0.416 e. The van der Waals surface area contributed by atoms with Crippen molar-refractivity contribution in [3.63, 3.8) is 0 Å². The fraction of sp³-hybridized carbons (Fsp3) is 0.167. The quantitative estimate of drug-likeness (QED) is 0.437. The normalized spacial score (nSPS) is 12.4. The van der Waals surface area contributed by atoms with Gasteiger partial charge >= 0.3 is 6.18 Å². The Kier molecular flexibility index (Phi) is 5.61. The molecule has 1 aliphatic rings. The average molecular weight is 425 g/mol. The van der Waals surface area contributed by atoms with Crippen molar-refractivity contribution in [2.75, 3.05) is 18.5 Å². The van der Waals surface area contributed by atoms with Gasteiger partial charge in [-0.1, -0.05) is 36.4 Å². The zero-order chi connectivity index (χ0) is 22.0. The first-order valence-corrected chi connectivity index (χ1v) is 9.65. The molecule has 0 radical (unpaired) electrons. The zero-order valence-corrected chi connectivity index (χ0v) is 16.3. The van der Waals surface area contributed by atoms with E-state index in [2.05, 4.69) is 5.32 Å². The number of nitrogens with one attached hydrogen (secondary N) is 1. The second-order valence-electron chi connectivity index (χ2n) is 7.18. The summed E-state index contributed by atoms with van der Waals surface area (Å²) in [4.78, 5) is 24.5. The van der Waals surface area contributed by atoms with E-state index in [1.54, 1.807) is 0 Å². The Hall–Kier alpha value is -3.45. The minimum atomic E-state index is -4.42. The van der Waals surface area contributed by atoms with Gasteiger partial charge in [0.2, 0.25) is 5.91 Å². The van der Waals surface area contributed by atoms with Gasteiger partial charge in [-0.15, -0.1) is 0 Å². The van der Waals surface area contributed by atoms with E-state index in [9.17, 15) is 22.8 Å². The van der Waals surface area contributed by atoms with Gasteiger partial charge in [-0.2, -0.15) is 13.2 Å². The van der Waals surface area contributed by atoms with Gasteiger partial charge in [0.25, 0.3) is 0 Å². The summed E-state index contributed by atoms with van der Waals surface area (Å²) in [5.41, 5.74) is 3.62. The third-order valence-electron chi connectivity index (χ3n) is 5.05. The lowest BCUT2D eigenvalue weighted by Gasteiger charge is -2.09. The average Bonchev–Trinajstić information content (AvgIpc) is 3.03. The van der Waals surface area contributed by atoms with E-state index >= 15 is 0 Å². The molecule has 0 aromatic heterocycles. The lowest BCUT2D eigenvalue weighted by atomic mass is 10.0. The number of halogens is 3. The number of hydrogen-bond acceptors (Lipinski definition) is 3. The highest BCUT2D eigenvalue weighted by Crippen LogP contribution is 2.36. The molecule has 0 saturated carbocycles. The first kappa shape index (κ1) is 20.8. The predicted molar refractivity (Wildman–Crippen MR) is 110 cm³/mol. The van der Waals surface area contributed by atoms with Crippen LogP contribution < -0.4 is 5.32 Å². The number of carbonyl (C=O) groups excluding carboxylic acids is 2. The van der Waals surface area contributed by atoms with Crippen molar-refractivity contribution >= 4 is 17.4 Å². The van der Waals surface area contributed by atoms with Crippen LogP contribution in [0.1, 0.15) is 27.0 Å². The van der Waals surface area contributed by atoms with Gasteiger partial charge in [0.05, 0.1) is 12.2 Å². The molecule has 7 heteroatoms. The number of benzene rings is 3. The number of ketones is 1. The van der Waals surface area contributed by atoms with E-state index in [0.29, 0.717) is 17.5 Å². The number of rotatable bonds is 6. The molecule has 0 saturated heterocycles. The molecule has 0 atom stereocenters. The molecule has 0 bridgehead atoms. The van der Waals surface area contributed by atoms with E-state index in [1.807, 2.05) is 42.5 Å². The molecule has 1 amide bonds. The molecule has 3 aromatic carbocycles. The number of amides is 1. The highest BCUT2D eigenvalue weighted by atomic mass is 19.4. The molecule has 0 spiro atoms. The standard InChI is InChI=1S/C24H18F3NO3/c25-24(26,27)16-6-8-17(9-7-16)28-22(29)14-31-12-11-15-5-10-19-18-3-1-2-4-20(18)23(30)21(19)13-15/h1-10,13H,11-12,14H2,(H,28,29). The number of hydrogen-bond donors (Lipinski definition) is 1. The van der Waals surface area contributed by atoms with Crippen LogP contribution in [0.2, 0.25) is 0 Å². The van der Waals surface area contributed by atoms with Gasteiger partial charge in [-0.3, -0.25) is 9.59 Å². The van der Waals surface area contributed by atoms with Crippen molar-refractivity contribution in [1.29, 1.82) is 0 Å². The molecule has 0 fully saturated rings. The van der Waals surface area contributed by atoms with Crippen molar-refractivity contribution in [2.24, 2.45) is 0 Å². The molecule has 0 heterocycles. The molecule has 158 valence electrons. The van der Waals surface area contributed by atoms with Gasteiger partial charge in [0, 0.05) is 16.8 Å². The first-order chi connectivity index (χ1) is 14.8. The SMILES string of the molecule is O=C(COCCc1ccc2c(c1)C(=O)c1ccccc1-2)Nc1ccc(C(F)(F)F)cc1. The Morgan fingerprint density at radius 2 is 1.55 bits per heavy atom. The van der Waals surface area contributed by atoms with Crippen LogP contribution in [-0.4, -0.2) is 24.9 Å². The Balaban J connectivity index is 1.27. The summed E-state index contributed by atoms with van der Waals surface area (Å²) >= 11 is 0. The molecule has 1 aliphatic carbocycles. The van der Waals surface area contributed by atoms with Gasteiger partial charge in [-0.25, -0.2) is 0 Å². The van der Waals surface area contributed by atoms with Crippen LogP contribution in [-0.2, 0) is 22.1 Å². The summed E-state index contributed by atoms with van der Waals surface area (Å²) in [5.74, 6) is -0.455. The highest BCUT2D eigenvalue weighted by Gasteiger charge is 2.30. The van der Waals surface area contributed by atoms with E-state index in [-0.39, 0.29) is 24.7 Å². The van der Waals surface area contributed by atoms with Crippen LogP contribution in [0.25, 0.3) is 11.1 Å².